The van der Waals surface area contributed by atoms with Crippen LogP contribution in [0.2, 0.25) is 0 Å². The maximum absolute atomic E-state index is 10.6. The van der Waals surface area contributed by atoms with Gasteiger partial charge in [0.15, 0.2) is 0 Å². The van der Waals surface area contributed by atoms with E-state index >= 15 is 0 Å². The second-order valence-electron chi connectivity index (χ2n) is 3.60. The van der Waals surface area contributed by atoms with E-state index in [9.17, 15) is 4.79 Å². The standard InChI is InChI=1S/C13H8O4/c14-13(15)17-11-7-3-6-10-12(11)8-4-1-2-5-9(8)16-10/h1-7H,(H,14,15). The first kappa shape index (κ1) is 9.72. The fourth-order valence-electron chi connectivity index (χ4n) is 1.92. The molecular weight excluding hydrogens is 220 g/mol. The van der Waals surface area contributed by atoms with Crippen molar-refractivity contribution in [2.24, 2.45) is 0 Å². The van der Waals surface area contributed by atoms with Crippen LogP contribution >= 0.6 is 0 Å². The second kappa shape index (κ2) is 3.52. The number of hydrogen-bond acceptors (Lipinski definition) is 3. The summed E-state index contributed by atoms with van der Waals surface area (Å²) in [7, 11) is 0. The molecule has 0 aliphatic heterocycles. The minimum atomic E-state index is -1.33. The number of para-hydroxylation sites is 1. The van der Waals surface area contributed by atoms with Gasteiger partial charge in [-0.25, -0.2) is 4.79 Å². The van der Waals surface area contributed by atoms with Gasteiger partial charge in [0.25, 0.3) is 0 Å². The molecule has 4 heteroatoms. The van der Waals surface area contributed by atoms with Crippen LogP contribution in [0.4, 0.5) is 4.79 Å². The molecule has 0 atom stereocenters. The van der Waals surface area contributed by atoms with Gasteiger partial charge in [0, 0.05) is 5.39 Å². The molecule has 0 unspecified atom stereocenters. The van der Waals surface area contributed by atoms with Crippen LogP contribution in [0, 0.1) is 0 Å². The number of rotatable bonds is 1. The molecule has 0 spiro atoms. The van der Waals surface area contributed by atoms with Gasteiger partial charge < -0.3 is 14.3 Å². The molecule has 0 fully saturated rings. The largest absolute Gasteiger partial charge is 0.511 e. The normalized spacial score (nSPS) is 10.8. The molecule has 0 amide bonds. The van der Waals surface area contributed by atoms with Crippen LogP contribution in [0.3, 0.4) is 0 Å². The Balaban J connectivity index is 2.39. The molecule has 0 saturated heterocycles. The Bertz CT molecular complexity index is 712. The quantitative estimate of drug-likeness (QED) is 0.510. The predicted octanol–water partition coefficient (Wildman–Crippen LogP) is 3.64. The molecule has 3 aromatic rings. The highest BCUT2D eigenvalue weighted by Gasteiger charge is 2.13. The van der Waals surface area contributed by atoms with Gasteiger partial charge in [-0.05, 0) is 18.2 Å². The van der Waals surface area contributed by atoms with E-state index < -0.39 is 6.16 Å². The lowest BCUT2D eigenvalue weighted by Gasteiger charge is -2.00. The highest BCUT2D eigenvalue weighted by Crippen LogP contribution is 2.35. The Labute approximate surface area is 96.0 Å². The van der Waals surface area contributed by atoms with Crippen LogP contribution in [0.25, 0.3) is 21.9 Å². The predicted molar refractivity (Wildman–Crippen MR) is 62.4 cm³/mol. The minimum Gasteiger partial charge on any atom is -0.456 e. The maximum Gasteiger partial charge on any atom is 0.511 e. The second-order valence-corrected chi connectivity index (χ2v) is 3.60. The zero-order valence-electron chi connectivity index (χ0n) is 8.71. The van der Waals surface area contributed by atoms with Crippen molar-refractivity contribution in [1.82, 2.24) is 0 Å². The molecule has 1 aromatic heterocycles. The highest BCUT2D eigenvalue weighted by molar-refractivity contribution is 6.08. The van der Waals surface area contributed by atoms with Crippen molar-refractivity contribution in [2.75, 3.05) is 0 Å². The number of carboxylic acid groups (broad SMARTS) is 1. The van der Waals surface area contributed by atoms with Gasteiger partial charge in [-0.1, -0.05) is 24.3 Å². The number of furan rings is 1. The number of fused-ring (bicyclic) bond motifs is 3. The Morgan fingerprint density at radius 1 is 1.06 bits per heavy atom. The monoisotopic (exact) mass is 228 g/mol. The SMILES string of the molecule is O=C(O)Oc1cccc2oc3ccccc3c12. The van der Waals surface area contributed by atoms with Gasteiger partial charge in [-0.2, -0.15) is 0 Å². The fourth-order valence-corrected chi connectivity index (χ4v) is 1.92. The first-order valence-electron chi connectivity index (χ1n) is 5.07. The van der Waals surface area contributed by atoms with E-state index in [0.29, 0.717) is 22.3 Å². The molecule has 4 nitrogen and oxygen atoms in total. The number of carbonyl (C=O) groups is 1. The van der Waals surface area contributed by atoms with Crippen LogP contribution in [-0.2, 0) is 0 Å². The molecule has 2 aromatic carbocycles. The topological polar surface area (TPSA) is 59.7 Å². The van der Waals surface area contributed by atoms with Gasteiger partial charge in [0.1, 0.15) is 16.9 Å². The summed E-state index contributed by atoms with van der Waals surface area (Å²) in [5.74, 6) is 0.292. The van der Waals surface area contributed by atoms with Crippen molar-refractivity contribution >= 4 is 28.1 Å². The molecule has 0 aliphatic carbocycles. The van der Waals surface area contributed by atoms with Crippen LogP contribution in [0.15, 0.2) is 46.9 Å². The highest BCUT2D eigenvalue weighted by atomic mass is 16.7. The van der Waals surface area contributed by atoms with Gasteiger partial charge >= 0.3 is 6.16 Å². The zero-order chi connectivity index (χ0) is 11.8. The zero-order valence-corrected chi connectivity index (χ0v) is 8.71. The third-order valence-electron chi connectivity index (χ3n) is 2.56. The van der Waals surface area contributed by atoms with Gasteiger partial charge in [0.2, 0.25) is 0 Å². The van der Waals surface area contributed by atoms with Crippen LogP contribution in [0.1, 0.15) is 0 Å². The summed E-state index contributed by atoms with van der Waals surface area (Å²) in [6.45, 7) is 0. The van der Waals surface area contributed by atoms with Gasteiger partial charge in [-0.15, -0.1) is 0 Å². The first-order valence-corrected chi connectivity index (χ1v) is 5.07. The molecule has 0 bridgehead atoms. The molecular formula is C13H8O4. The lowest BCUT2D eigenvalue weighted by Crippen LogP contribution is -2.02. The summed E-state index contributed by atoms with van der Waals surface area (Å²) in [4.78, 5) is 10.6. The van der Waals surface area contributed by atoms with Crippen molar-refractivity contribution in [3.8, 4) is 5.75 Å². The summed E-state index contributed by atoms with van der Waals surface area (Å²) in [6.07, 6.45) is -1.33. The molecule has 1 heterocycles. The first-order chi connectivity index (χ1) is 8.25. The van der Waals surface area contributed by atoms with Gasteiger partial charge in [-0.3, -0.25) is 0 Å². The van der Waals surface area contributed by atoms with E-state index in [4.69, 9.17) is 14.3 Å². The Morgan fingerprint density at radius 2 is 1.82 bits per heavy atom. The fraction of sp³-hybridized carbons (Fsp3) is 0. The van der Waals surface area contributed by atoms with Crippen LogP contribution < -0.4 is 4.74 Å². The summed E-state index contributed by atoms with van der Waals surface area (Å²) < 4.78 is 10.4. The Morgan fingerprint density at radius 3 is 2.65 bits per heavy atom. The molecule has 3 rings (SSSR count). The van der Waals surface area contributed by atoms with E-state index in [1.165, 1.54) is 0 Å². The van der Waals surface area contributed by atoms with E-state index in [0.717, 1.165) is 5.39 Å². The molecule has 0 radical (unpaired) electrons. The molecule has 0 aliphatic rings. The third-order valence-corrected chi connectivity index (χ3v) is 2.56. The smallest absolute Gasteiger partial charge is 0.456 e. The molecule has 17 heavy (non-hydrogen) atoms. The number of benzene rings is 2. The Kier molecular flexibility index (Phi) is 2.01. The lowest BCUT2D eigenvalue weighted by molar-refractivity contribution is 0.145. The van der Waals surface area contributed by atoms with E-state index in [1.807, 2.05) is 24.3 Å². The maximum atomic E-state index is 10.6. The molecule has 0 saturated carbocycles. The molecule has 84 valence electrons. The summed E-state index contributed by atoms with van der Waals surface area (Å²) in [5.41, 5.74) is 1.33. The lowest BCUT2D eigenvalue weighted by atomic mass is 10.1. The average Bonchev–Trinajstić information content (AvgIpc) is 2.67. The average molecular weight is 228 g/mol. The van der Waals surface area contributed by atoms with Crippen molar-refractivity contribution in [2.45, 2.75) is 0 Å². The summed E-state index contributed by atoms with van der Waals surface area (Å²) in [5, 5.41) is 10.2. The van der Waals surface area contributed by atoms with Crippen molar-refractivity contribution in [1.29, 1.82) is 0 Å². The Hall–Kier alpha value is -2.49. The van der Waals surface area contributed by atoms with E-state index in [2.05, 4.69) is 0 Å². The minimum absolute atomic E-state index is 0.292. The van der Waals surface area contributed by atoms with Crippen molar-refractivity contribution in [3.63, 3.8) is 0 Å². The summed E-state index contributed by atoms with van der Waals surface area (Å²) in [6, 6.07) is 12.5. The summed E-state index contributed by atoms with van der Waals surface area (Å²) >= 11 is 0. The van der Waals surface area contributed by atoms with Crippen molar-refractivity contribution in [3.05, 3.63) is 42.5 Å². The van der Waals surface area contributed by atoms with Crippen LogP contribution in [-0.4, -0.2) is 11.3 Å². The van der Waals surface area contributed by atoms with E-state index in [-0.39, 0.29) is 0 Å². The number of hydrogen-bond donors (Lipinski definition) is 1. The van der Waals surface area contributed by atoms with Crippen LogP contribution in [0.5, 0.6) is 5.75 Å². The molecule has 1 N–H and O–H groups in total. The van der Waals surface area contributed by atoms with Crippen molar-refractivity contribution < 1.29 is 19.1 Å². The van der Waals surface area contributed by atoms with Gasteiger partial charge in [0.05, 0.1) is 5.39 Å². The third kappa shape index (κ3) is 1.50. The van der Waals surface area contributed by atoms with E-state index in [1.54, 1.807) is 18.2 Å². The number of ether oxygens (including phenoxy) is 1.